The molecule has 250 valence electrons. The molecular formula is C32H68N6OSe3. The zero-order chi connectivity index (χ0) is 30.9. The van der Waals surface area contributed by atoms with Crippen LogP contribution in [-0.4, -0.2) is 167 Å². The Morgan fingerprint density at radius 3 is 1.69 bits per heavy atom. The van der Waals surface area contributed by atoms with Crippen LogP contribution in [0.4, 0.5) is 0 Å². The monoisotopic (exact) mass is 792 g/mol. The first-order valence-corrected chi connectivity index (χ1v) is 21.7. The fraction of sp³-hybridized carbons (Fsp3) is 0.969. The molecule has 0 saturated carbocycles. The summed E-state index contributed by atoms with van der Waals surface area (Å²) >= 11 is 6.90. The Labute approximate surface area is 284 Å². The number of carbonyl (C=O) groups excluding carboxylic acids is 1. The molecule has 0 rings (SSSR count). The molecule has 0 saturated heterocycles. The molecule has 0 aliphatic heterocycles. The van der Waals surface area contributed by atoms with Crippen LogP contribution in [0.1, 0.15) is 78.1 Å². The molecule has 0 aliphatic rings. The summed E-state index contributed by atoms with van der Waals surface area (Å²) in [6, 6.07) is 0. The molecule has 10 heteroatoms. The minimum atomic E-state index is 0.619. The van der Waals surface area contributed by atoms with Gasteiger partial charge >= 0.3 is 286 Å². The van der Waals surface area contributed by atoms with E-state index in [0.29, 0.717) is 6.42 Å². The van der Waals surface area contributed by atoms with E-state index < -0.39 is 0 Å². The number of hydrogen-bond donors (Lipinski definition) is 3. The first-order chi connectivity index (χ1) is 20.6. The van der Waals surface area contributed by atoms with Crippen LogP contribution in [-0.2, 0) is 4.79 Å². The van der Waals surface area contributed by atoms with Crippen molar-refractivity contribution >= 4 is 53.3 Å². The van der Waals surface area contributed by atoms with Crippen molar-refractivity contribution in [2.24, 2.45) is 0 Å². The van der Waals surface area contributed by atoms with E-state index in [2.05, 4.69) is 83.6 Å². The van der Waals surface area contributed by atoms with E-state index in [4.69, 9.17) is 0 Å². The molecular weight excluding hydrogens is 721 g/mol. The van der Waals surface area contributed by atoms with Crippen LogP contribution in [0.3, 0.4) is 0 Å². The molecule has 1 unspecified atom stereocenters. The number of nitrogens with one attached hydrogen (secondary N) is 3. The molecule has 1 atom stereocenters. The second-order valence-corrected chi connectivity index (χ2v) is 16.5. The Morgan fingerprint density at radius 1 is 0.667 bits per heavy atom. The van der Waals surface area contributed by atoms with Crippen molar-refractivity contribution in [1.29, 1.82) is 0 Å². The molecule has 3 N–H and O–H groups in total. The van der Waals surface area contributed by atoms with Gasteiger partial charge in [0.15, 0.2) is 0 Å². The van der Waals surface area contributed by atoms with Gasteiger partial charge in [-0.1, -0.05) is 0 Å². The molecule has 0 aromatic carbocycles. The normalized spacial score (nSPS) is 12.7. The van der Waals surface area contributed by atoms with Crippen molar-refractivity contribution < 1.29 is 4.79 Å². The molecule has 0 amide bonds. The van der Waals surface area contributed by atoms with Gasteiger partial charge in [-0.05, 0) is 0 Å². The van der Waals surface area contributed by atoms with Crippen LogP contribution in [0.5, 0.6) is 0 Å². The van der Waals surface area contributed by atoms with E-state index in [1.54, 1.807) is 0 Å². The predicted molar refractivity (Wildman–Crippen MR) is 188 cm³/mol. The molecule has 0 bridgehead atoms. The number of nitrogens with zero attached hydrogens (tertiary/aromatic N) is 3. The summed E-state index contributed by atoms with van der Waals surface area (Å²) in [5.74, 6) is 0. The molecule has 0 fully saturated rings. The van der Waals surface area contributed by atoms with Gasteiger partial charge in [0, 0.05) is 0 Å². The maximum absolute atomic E-state index is 10.9. The number of unbranched alkanes of at least 4 members (excludes halogenated alkanes) is 7. The van der Waals surface area contributed by atoms with Gasteiger partial charge in [0.05, 0.1) is 0 Å². The third-order valence-electron chi connectivity index (χ3n) is 7.68. The average Bonchev–Trinajstić information content (AvgIpc) is 2.99. The maximum atomic E-state index is 10.9. The molecule has 2 radical (unpaired) electrons. The van der Waals surface area contributed by atoms with Crippen LogP contribution in [0.15, 0.2) is 0 Å². The van der Waals surface area contributed by atoms with Crippen LogP contribution in [0.2, 0.25) is 20.8 Å². The van der Waals surface area contributed by atoms with Gasteiger partial charge in [0.2, 0.25) is 0 Å². The van der Waals surface area contributed by atoms with E-state index >= 15 is 0 Å². The fourth-order valence-electron chi connectivity index (χ4n) is 4.85. The van der Waals surface area contributed by atoms with Crippen LogP contribution >= 0.6 is 0 Å². The van der Waals surface area contributed by atoms with Crippen LogP contribution in [0.25, 0.3) is 0 Å². The first kappa shape index (κ1) is 43.0. The second-order valence-electron chi connectivity index (χ2n) is 11.5. The van der Waals surface area contributed by atoms with E-state index in [-0.39, 0.29) is 0 Å². The summed E-state index contributed by atoms with van der Waals surface area (Å²) in [4.78, 5) is 19.3. The standard InChI is InChI=1S/C32H68N6OSe3/c1-4-5-6-7-8-9-10-11-13-32(2)42-31-19-35-16-23-38(22-15-34-18-30-41)27-25-36(3)24-26-37(20-12-28-39)21-14-33-17-29-40/h28,32-35H,4-27,29-31H2,1-3H3. The molecule has 0 aromatic rings. The number of aldehydes is 1. The molecule has 0 heterocycles. The van der Waals surface area contributed by atoms with Crippen molar-refractivity contribution in [3.8, 4) is 0 Å². The summed E-state index contributed by atoms with van der Waals surface area (Å²) in [5.41, 5.74) is 0. The Balaban J connectivity index is 4.17. The Morgan fingerprint density at radius 2 is 1.17 bits per heavy atom. The van der Waals surface area contributed by atoms with Crippen molar-refractivity contribution in [1.82, 2.24) is 30.7 Å². The van der Waals surface area contributed by atoms with Crippen molar-refractivity contribution in [2.75, 3.05) is 98.7 Å². The summed E-state index contributed by atoms with van der Waals surface area (Å²) in [5, 5.41) is 14.2. The van der Waals surface area contributed by atoms with Crippen molar-refractivity contribution in [2.45, 2.75) is 98.8 Å². The first-order valence-electron chi connectivity index (χ1n) is 17.0. The van der Waals surface area contributed by atoms with Gasteiger partial charge in [0.25, 0.3) is 0 Å². The third-order valence-corrected chi connectivity index (χ3v) is 11.1. The van der Waals surface area contributed by atoms with Crippen molar-refractivity contribution in [3.63, 3.8) is 0 Å². The quantitative estimate of drug-likeness (QED) is 0.0517. The van der Waals surface area contributed by atoms with Crippen LogP contribution in [0, 0.1) is 0 Å². The van der Waals surface area contributed by atoms with Crippen molar-refractivity contribution in [3.05, 3.63) is 0 Å². The third kappa shape index (κ3) is 31.0. The van der Waals surface area contributed by atoms with E-state index in [9.17, 15) is 4.79 Å². The van der Waals surface area contributed by atoms with E-state index in [0.717, 1.165) is 122 Å². The molecule has 0 spiro atoms. The van der Waals surface area contributed by atoms with Gasteiger partial charge in [-0.3, -0.25) is 0 Å². The Kier molecular flexibility index (Phi) is 35.7. The summed E-state index contributed by atoms with van der Waals surface area (Å²) < 4.78 is 0. The zero-order valence-electron chi connectivity index (χ0n) is 27.7. The minimum absolute atomic E-state index is 0.619. The average molecular weight is 790 g/mol. The predicted octanol–water partition coefficient (Wildman–Crippen LogP) is 3.52. The topological polar surface area (TPSA) is 62.9 Å². The second kappa shape index (κ2) is 34.9. The van der Waals surface area contributed by atoms with Gasteiger partial charge in [-0.15, -0.1) is 0 Å². The number of likely N-dealkylation sites (N-methyl/N-ethyl adjacent to an activating group) is 1. The summed E-state index contributed by atoms with van der Waals surface area (Å²) in [7, 11) is 2.24. The Hall–Kier alpha value is 0.988. The molecule has 0 aromatic heterocycles. The van der Waals surface area contributed by atoms with Gasteiger partial charge in [0.1, 0.15) is 0 Å². The molecule has 7 nitrogen and oxygen atoms in total. The molecule has 0 aliphatic carbocycles. The summed E-state index contributed by atoms with van der Waals surface area (Å²) in [6.07, 6.45) is 14.5. The molecule has 42 heavy (non-hydrogen) atoms. The van der Waals surface area contributed by atoms with Gasteiger partial charge in [-0.25, -0.2) is 0 Å². The van der Waals surface area contributed by atoms with Gasteiger partial charge in [-0.2, -0.15) is 0 Å². The number of carbonyl (C=O) groups is 1. The van der Waals surface area contributed by atoms with Crippen LogP contribution < -0.4 is 16.0 Å². The van der Waals surface area contributed by atoms with Gasteiger partial charge < -0.3 is 0 Å². The summed E-state index contributed by atoms with van der Waals surface area (Å²) in [6.45, 7) is 19.4. The number of hydrogen-bond acceptors (Lipinski definition) is 7. The zero-order valence-corrected chi connectivity index (χ0v) is 32.9. The fourth-order valence-corrected chi connectivity index (χ4v) is 7.55. The number of rotatable bonds is 35. The van der Waals surface area contributed by atoms with E-state index in [1.165, 1.54) is 69.7 Å². The Bertz CT molecular complexity index is 552. The van der Waals surface area contributed by atoms with E-state index in [1.807, 2.05) is 0 Å². The SMILES string of the molecule is CCCCCCCCCCC(C)[Se]CCNCCN(CCNCC[Se])CCN(C)CCN(CCC=O)CCNCC[Se].